The van der Waals surface area contributed by atoms with E-state index in [2.05, 4.69) is 107 Å². The molecule has 0 fully saturated rings. The van der Waals surface area contributed by atoms with E-state index in [1.807, 2.05) is 0 Å². The predicted octanol–water partition coefficient (Wildman–Crippen LogP) is 8.70. The topological polar surface area (TPSA) is 71.4 Å². The van der Waals surface area contributed by atoms with Gasteiger partial charge in [0.1, 0.15) is 0 Å². The largest absolute Gasteiger partial charge is 0.481 e. The second-order valence-corrected chi connectivity index (χ2v) is 14.0. The first-order valence-electron chi connectivity index (χ1n) is 14.4. The highest BCUT2D eigenvalue weighted by atomic mass is 79.9. The first-order chi connectivity index (χ1) is 20.8. The minimum absolute atomic E-state index is 0.372. The summed E-state index contributed by atoms with van der Waals surface area (Å²) in [7, 11) is -3.37. The lowest BCUT2D eigenvalue weighted by Crippen LogP contribution is -2.21. The molecular weight excluding hydrogens is 620 g/mol. The van der Waals surface area contributed by atoms with Crippen LogP contribution in [0, 0.1) is 0 Å². The van der Waals surface area contributed by atoms with Crippen molar-refractivity contribution in [2.24, 2.45) is 0 Å². The van der Waals surface area contributed by atoms with Crippen LogP contribution in [0.3, 0.4) is 0 Å². The van der Waals surface area contributed by atoms with Crippen molar-refractivity contribution in [2.75, 3.05) is 0 Å². The molecule has 0 aromatic heterocycles. The number of rotatable bonds is 4. The summed E-state index contributed by atoms with van der Waals surface area (Å²) in [4.78, 5) is 10.2. The van der Waals surface area contributed by atoms with Gasteiger partial charge in [-0.15, -0.1) is 0 Å². The Labute approximate surface area is 261 Å². The molecular formula is C37H31BrO4S. The fourth-order valence-electron chi connectivity index (χ4n) is 6.12. The van der Waals surface area contributed by atoms with E-state index in [0.29, 0.717) is 0 Å². The average molecular weight is 652 g/mol. The molecule has 0 saturated carbocycles. The lowest BCUT2D eigenvalue weighted by molar-refractivity contribution is -0.136. The number of halogens is 1. The molecule has 0 bridgehead atoms. The van der Waals surface area contributed by atoms with Gasteiger partial charge in [-0.25, -0.2) is 8.42 Å². The van der Waals surface area contributed by atoms with Gasteiger partial charge in [0.15, 0.2) is 9.84 Å². The highest BCUT2D eigenvalue weighted by Gasteiger charge is 2.24. The van der Waals surface area contributed by atoms with Gasteiger partial charge >= 0.3 is 5.97 Å². The van der Waals surface area contributed by atoms with Crippen molar-refractivity contribution in [3.63, 3.8) is 0 Å². The Morgan fingerprint density at radius 2 is 1.42 bits per heavy atom. The summed E-state index contributed by atoms with van der Waals surface area (Å²) in [5, 5.41) is 8.50. The molecule has 0 amide bonds. The number of carbonyl (C=O) groups is 1. The van der Waals surface area contributed by atoms with Crippen LogP contribution in [0.2, 0.25) is 0 Å². The maximum Gasteiger partial charge on any atom is 0.305 e. The smallest absolute Gasteiger partial charge is 0.305 e. The van der Waals surface area contributed by atoms with Gasteiger partial charge < -0.3 is 5.11 Å². The molecule has 4 aromatic rings. The maximum atomic E-state index is 11.1. The Hall–Kier alpha value is -4.00. The second-order valence-electron chi connectivity index (χ2n) is 11.0. The quantitative estimate of drug-likeness (QED) is 0.240. The first kappa shape index (κ1) is 29.1. The lowest BCUT2D eigenvalue weighted by atomic mass is 9.78. The molecule has 0 radical (unpaired) electrons. The van der Waals surface area contributed by atoms with E-state index in [0.717, 1.165) is 29.1 Å². The van der Waals surface area contributed by atoms with Gasteiger partial charge in [-0.2, -0.15) is 0 Å². The van der Waals surface area contributed by atoms with Crippen molar-refractivity contribution in [3.8, 4) is 22.3 Å². The summed E-state index contributed by atoms with van der Waals surface area (Å²) < 4.78 is 23.3. The molecule has 0 saturated heterocycles. The summed E-state index contributed by atoms with van der Waals surface area (Å²) in [5.74, 6) is -1.11. The number of carboxylic acid groups (broad SMARTS) is 1. The third kappa shape index (κ3) is 6.36. The molecule has 1 aliphatic heterocycles. The Kier molecular flexibility index (Phi) is 8.33. The van der Waals surface area contributed by atoms with Crippen LogP contribution in [0.25, 0.3) is 33.9 Å². The minimum atomic E-state index is -3.37. The summed E-state index contributed by atoms with van der Waals surface area (Å²) >= 11 is 3.52. The molecule has 4 nitrogen and oxygen atoms in total. The van der Waals surface area contributed by atoms with Gasteiger partial charge in [-0.05, 0) is 93.5 Å². The van der Waals surface area contributed by atoms with Crippen molar-refractivity contribution in [1.82, 2.24) is 0 Å². The van der Waals surface area contributed by atoms with Gasteiger partial charge in [-0.3, -0.25) is 4.79 Å². The maximum absolute atomic E-state index is 11.1. The SMILES string of the molecule is Brc1ccc(-c2ccc(C3=Cc4ccc5c(c4CC3)CCc3ccccc3-5)cc2)cc1.O=C(O)CC1C=CC=CS1(=O)=O. The van der Waals surface area contributed by atoms with Gasteiger partial charge in [0.25, 0.3) is 0 Å². The van der Waals surface area contributed by atoms with Crippen LogP contribution >= 0.6 is 15.9 Å². The Bertz CT molecular complexity index is 1880. The average Bonchev–Trinajstić information content (AvgIpc) is 3.02. The van der Waals surface area contributed by atoms with E-state index in [1.165, 1.54) is 69.2 Å². The minimum Gasteiger partial charge on any atom is -0.481 e. The van der Waals surface area contributed by atoms with E-state index < -0.39 is 21.1 Å². The Morgan fingerprint density at radius 1 is 0.744 bits per heavy atom. The monoisotopic (exact) mass is 650 g/mol. The highest BCUT2D eigenvalue weighted by molar-refractivity contribution is 9.10. The van der Waals surface area contributed by atoms with E-state index in [1.54, 1.807) is 11.1 Å². The number of hydrogen-bond acceptors (Lipinski definition) is 3. The third-order valence-corrected chi connectivity index (χ3v) is 10.6. The molecule has 2 aliphatic carbocycles. The van der Waals surface area contributed by atoms with E-state index in [-0.39, 0.29) is 6.42 Å². The number of fused-ring (bicyclic) bond motifs is 5. The molecule has 4 aromatic carbocycles. The van der Waals surface area contributed by atoms with Crippen LogP contribution in [-0.2, 0) is 33.9 Å². The number of aliphatic carboxylic acids is 1. The molecule has 6 heteroatoms. The van der Waals surface area contributed by atoms with Gasteiger partial charge in [0.05, 0.1) is 11.7 Å². The van der Waals surface area contributed by atoms with Gasteiger partial charge in [0, 0.05) is 9.88 Å². The molecule has 1 N–H and O–H groups in total. The van der Waals surface area contributed by atoms with Crippen molar-refractivity contribution >= 4 is 43.4 Å². The standard InChI is InChI=1S/C30H23Br.C7H8O4S/c31-26-14-9-21(10-15-26)20-5-7-22(8-6-20)24-12-16-28-25(19-24)13-18-29-27-4-2-1-3-23(27)11-17-30(28)29;8-7(9)5-6-3-1-2-4-12(6,10)11/h1-10,13-15,18-19H,11-12,16-17H2;1-4,6H,5H2,(H,8,9). The van der Waals surface area contributed by atoms with Crippen LogP contribution in [-0.4, -0.2) is 24.7 Å². The summed E-state index contributed by atoms with van der Waals surface area (Å²) in [6.45, 7) is 0. The number of benzene rings is 4. The highest BCUT2D eigenvalue weighted by Crippen LogP contribution is 2.40. The van der Waals surface area contributed by atoms with Crippen molar-refractivity contribution < 1.29 is 18.3 Å². The fourth-order valence-corrected chi connectivity index (χ4v) is 7.58. The number of hydrogen-bond donors (Lipinski definition) is 1. The fraction of sp³-hybridized carbons (Fsp3) is 0.162. The molecule has 1 unspecified atom stereocenters. The number of aryl methyl sites for hydroxylation is 1. The summed E-state index contributed by atoms with van der Waals surface area (Å²) in [6.07, 6.45) is 10.9. The molecule has 0 spiro atoms. The van der Waals surface area contributed by atoms with E-state index >= 15 is 0 Å². The molecule has 3 aliphatic rings. The van der Waals surface area contributed by atoms with Crippen molar-refractivity contribution in [2.45, 2.75) is 37.4 Å². The van der Waals surface area contributed by atoms with Crippen LogP contribution in [0.1, 0.15) is 40.7 Å². The number of allylic oxidation sites excluding steroid dienone is 3. The molecule has 7 rings (SSSR count). The number of sulfone groups is 1. The lowest BCUT2D eigenvalue weighted by Gasteiger charge is -2.26. The number of carboxylic acids is 1. The second kappa shape index (κ2) is 12.3. The van der Waals surface area contributed by atoms with Gasteiger partial charge in [-0.1, -0.05) is 113 Å². The first-order valence-corrected chi connectivity index (χ1v) is 16.8. The third-order valence-electron chi connectivity index (χ3n) is 8.33. The van der Waals surface area contributed by atoms with Crippen LogP contribution < -0.4 is 0 Å². The zero-order chi connectivity index (χ0) is 30.0. The molecule has 216 valence electrons. The van der Waals surface area contributed by atoms with E-state index in [4.69, 9.17) is 5.11 Å². The molecule has 1 atom stereocenters. The molecule has 1 heterocycles. The predicted molar refractivity (Wildman–Crippen MR) is 178 cm³/mol. The van der Waals surface area contributed by atoms with Crippen molar-refractivity contribution in [1.29, 1.82) is 0 Å². The van der Waals surface area contributed by atoms with Crippen LogP contribution in [0.5, 0.6) is 0 Å². The van der Waals surface area contributed by atoms with Gasteiger partial charge in [0.2, 0.25) is 0 Å². The Morgan fingerprint density at radius 3 is 2.14 bits per heavy atom. The zero-order valence-electron chi connectivity index (χ0n) is 23.5. The zero-order valence-corrected chi connectivity index (χ0v) is 25.9. The summed E-state index contributed by atoms with van der Waals surface area (Å²) in [5.41, 5.74) is 14.3. The van der Waals surface area contributed by atoms with Crippen LogP contribution in [0.15, 0.2) is 113 Å². The van der Waals surface area contributed by atoms with Crippen molar-refractivity contribution in [3.05, 3.63) is 141 Å². The molecule has 43 heavy (non-hydrogen) atoms. The summed E-state index contributed by atoms with van der Waals surface area (Å²) in [6, 6.07) is 31.2. The Balaban J connectivity index is 0.000000232. The normalized spacial score (nSPS) is 17.4. The van der Waals surface area contributed by atoms with E-state index in [9.17, 15) is 13.2 Å². The van der Waals surface area contributed by atoms with Crippen LogP contribution in [0.4, 0.5) is 0 Å².